The highest BCUT2D eigenvalue weighted by molar-refractivity contribution is 6.45. The first-order valence-corrected chi connectivity index (χ1v) is 12.0. The number of nitrogens with two attached hydrogens (primary N) is 1. The smallest absolute Gasteiger partial charge is 0.417 e. The lowest BCUT2D eigenvalue weighted by Gasteiger charge is -2.37. The third-order valence-corrected chi connectivity index (χ3v) is 6.89. The van der Waals surface area contributed by atoms with E-state index >= 15 is 0 Å². The molecule has 2 aromatic rings. The van der Waals surface area contributed by atoms with Crippen LogP contribution >= 0.6 is 0 Å². The fraction of sp³-hybridized carbons (Fsp3) is 0.545. The van der Waals surface area contributed by atoms with Gasteiger partial charge in [-0.25, -0.2) is 9.66 Å². The monoisotopic (exact) mass is 506 g/mol. The van der Waals surface area contributed by atoms with Crippen molar-refractivity contribution in [2.75, 3.05) is 58.2 Å². The molecule has 0 radical (unpaired) electrons. The summed E-state index contributed by atoms with van der Waals surface area (Å²) in [6.07, 6.45) is -1.98. The van der Waals surface area contributed by atoms with E-state index in [0.717, 1.165) is 49.7 Å². The number of nitrogen functional groups attached to an aromatic ring is 1. The molecular formula is C22H30BF3N8O2. The highest BCUT2D eigenvalue weighted by Gasteiger charge is 2.38. The van der Waals surface area contributed by atoms with Gasteiger partial charge in [0.1, 0.15) is 12.0 Å². The maximum atomic E-state index is 13.8. The van der Waals surface area contributed by atoms with Crippen molar-refractivity contribution in [2.24, 2.45) is 5.10 Å². The molecule has 5 rings (SSSR count). The lowest BCUT2D eigenvalue weighted by Crippen LogP contribution is -2.51. The van der Waals surface area contributed by atoms with Crippen molar-refractivity contribution in [2.45, 2.75) is 25.7 Å². The van der Waals surface area contributed by atoms with Crippen LogP contribution in [0.25, 0.3) is 0 Å². The second-order valence-electron chi connectivity index (χ2n) is 9.36. The number of nitrogens with one attached hydrogen (secondary N) is 1. The number of aromatic nitrogens is 2. The molecule has 0 spiro atoms. The Morgan fingerprint density at radius 2 is 1.89 bits per heavy atom. The largest absolute Gasteiger partial charge is 0.437 e. The average Bonchev–Trinajstić information content (AvgIpc) is 3.26. The molecule has 2 saturated heterocycles. The first-order valence-electron chi connectivity index (χ1n) is 12.0. The van der Waals surface area contributed by atoms with Gasteiger partial charge in [-0.1, -0.05) is 0 Å². The Labute approximate surface area is 207 Å². The molecule has 5 heterocycles. The fourth-order valence-corrected chi connectivity index (χ4v) is 4.94. The molecule has 2 fully saturated rings. The van der Waals surface area contributed by atoms with Crippen molar-refractivity contribution in [1.29, 1.82) is 0 Å². The normalized spacial score (nSPS) is 22.1. The Bertz CT molecular complexity index is 1110. The predicted molar refractivity (Wildman–Crippen MR) is 129 cm³/mol. The number of rotatable bonds is 5. The topological polar surface area (TPSA) is 107 Å². The van der Waals surface area contributed by atoms with Gasteiger partial charge in [-0.2, -0.15) is 13.2 Å². The van der Waals surface area contributed by atoms with Crippen LogP contribution in [0.2, 0.25) is 6.82 Å². The molecule has 194 valence electrons. The molecule has 3 aliphatic heterocycles. The van der Waals surface area contributed by atoms with Crippen LogP contribution in [0.1, 0.15) is 28.6 Å². The Morgan fingerprint density at radius 3 is 2.56 bits per heavy atom. The molecule has 10 nitrogen and oxygen atoms in total. The van der Waals surface area contributed by atoms with Gasteiger partial charge in [-0.05, 0) is 24.5 Å². The number of hydrogen-bond donors (Lipinski definition) is 3. The number of nitrogens with zero attached hydrogens (tertiary/aromatic N) is 6. The Kier molecular flexibility index (Phi) is 6.96. The molecule has 0 saturated carbocycles. The second kappa shape index (κ2) is 10.0. The summed E-state index contributed by atoms with van der Waals surface area (Å²) in [4.78, 5) is 10.4. The van der Waals surface area contributed by atoms with Gasteiger partial charge in [-0.3, -0.25) is 9.80 Å². The summed E-state index contributed by atoms with van der Waals surface area (Å²) in [6.45, 7) is 8.00. The fourth-order valence-electron chi connectivity index (χ4n) is 4.94. The van der Waals surface area contributed by atoms with Gasteiger partial charge in [0.2, 0.25) is 0 Å². The van der Waals surface area contributed by atoms with E-state index in [-0.39, 0.29) is 23.4 Å². The maximum absolute atomic E-state index is 13.8. The predicted octanol–water partition coefficient (Wildman–Crippen LogP) is 0.856. The van der Waals surface area contributed by atoms with Crippen molar-refractivity contribution in [1.82, 2.24) is 29.6 Å². The van der Waals surface area contributed by atoms with E-state index in [1.165, 1.54) is 0 Å². The number of halogens is 3. The summed E-state index contributed by atoms with van der Waals surface area (Å²) in [5.41, 5.74) is 6.42. The summed E-state index contributed by atoms with van der Waals surface area (Å²) in [5, 5.41) is 17.6. The summed E-state index contributed by atoms with van der Waals surface area (Å²) >= 11 is 0. The first-order chi connectivity index (χ1) is 17.2. The molecule has 0 aromatic carbocycles. The minimum absolute atomic E-state index is 0.0894. The van der Waals surface area contributed by atoms with E-state index in [2.05, 4.69) is 31.3 Å². The minimum atomic E-state index is -4.61. The first kappa shape index (κ1) is 25.0. The van der Waals surface area contributed by atoms with Crippen LogP contribution in [0.3, 0.4) is 0 Å². The third kappa shape index (κ3) is 5.23. The number of anilines is 1. The molecule has 0 bridgehead atoms. The molecule has 36 heavy (non-hydrogen) atoms. The van der Waals surface area contributed by atoms with E-state index in [9.17, 15) is 18.2 Å². The highest BCUT2D eigenvalue weighted by Crippen LogP contribution is 2.34. The minimum Gasteiger partial charge on any atom is -0.437 e. The van der Waals surface area contributed by atoms with E-state index in [1.54, 1.807) is 11.5 Å². The number of alkyl halides is 3. The number of hydrogen-bond acceptors (Lipinski definition) is 9. The Morgan fingerprint density at radius 1 is 1.17 bits per heavy atom. The molecular weight excluding hydrogens is 476 g/mol. The van der Waals surface area contributed by atoms with Gasteiger partial charge in [-0.15, -0.1) is 5.10 Å². The zero-order valence-corrected chi connectivity index (χ0v) is 20.1. The standard InChI is InChI=1S/C22H30BF3N8O2/c1-23(35)33-4-2-31(3-5-33)13-15-10-18-21(32-6-8-36-9-7-32)29-20(30-34(18)14-15)16-12-28-19(27)11-17(16)22(24,25)26/h10-12,14,21,35H,2-9,13H2,1H3,(H2,27,28)(H,29,30). The van der Waals surface area contributed by atoms with Crippen LogP contribution in [-0.2, 0) is 17.5 Å². The van der Waals surface area contributed by atoms with E-state index in [1.807, 2.05) is 11.0 Å². The number of amidine groups is 1. The Balaban J connectivity index is 1.46. The average molecular weight is 506 g/mol. The number of piperazine rings is 1. The summed E-state index contributed by atoms with van der Waals surface area (Å²) in [6, 6.07) is 2.90. The van der Waals surface area contributed by atoms with Crippen LogP contribution < -0.4 is 11.1 Å². The number of fused-ring (bicyclic) bond motifs is 1. The van der Waals surface area contributed by atoms with Crippen molar-refractivity contribution in [3.05, 3.63) is 46.9 Å². The number of ether oxygens (including phenoxy) is 1. The second-order valence-corrected chi connectivity index (χ2v) is 9.36. The van der Waals surface area contributed by atoms with Gasteiger partial charge in [0.15, 0.2) is 5.84 Å². The van der Waals surface area contributed by atoms with Gasteiger partial charge < -0.3 is 25.6 Å². The zero-order valence-electron chi connectivity index (χ0n) is 20.1. The number of morpholine rings is 1. The van der Waals surface area contributed by atoms with Crippen molar-refractivity contribution in [3.8, 4) is 0 Å². The van der Waals surface area contributed by atoms with E-state index in [4.69, 9.17) is 10.5 Å². The van der Waals surface area contributed by atoms with Gasteiger partial charge >= 0.3 is 13.2 Å². The highest BCUT2D eigenvalue weighted by atomic mass is 19.4. The molecule has 0 aliphatic carbocycles. The molecule has 4 N–H and O–H groups in total. The summed E-state index contributed by atoms with van der Waals surface area (Å²) in [7, 11) is -0.466. The number of pyridine rings is 1. The summed E-state index contributed by atoms with van der Waals surface area (Å²) in [5.74, 6) is -0.113. The molecule has 1 atom stereocenters. The lowest BCUT2D eigenvalue weighted by atomic mass is 9.84. The summed E-state index contributed by atoms with van der Waals surface area (Å²) < 4.78 is 48.7. The van der Waals surface area contributed by atoms with Gasteiger partial charge in [0.25, 0.3) is 0 Å². The van der Waals surface area contributed by atoms with Crippen molar-refractivity contribution >= 4 is 18.7 Å². The van der Waals surface area contributed by atoms with Crippen molar-refractivity contribution in [3.63, 3.8) is 0 Å². The molecule has 2 aromatic heterocycles. The maximum Gasteiger partial charge on any atom is 0.417 e. The lowest BCUT2D eigenvalue weighted by molar-refractivity contribution is -0.137. The van der Waals surface area contributed by atoms with Gasteiger partial charge in [0.05, 0.1) is 24.5 Å². The third-order valence-electron chi connectivity index (χ3n) is 6.89. The van der Waals surface area contributed by atoms with Crippen LogP contribution in [0.4, 0.5) is 19.0 Å². The quantitative estimate of drug-likeness (QED) is 0.513. The van der Waals surface area contributed by atoms with Crippen LogP contribution in [-0.4, -0.2) is 94.7 Å². The van der Waals surface area contributed by atoms with Crippen LogP contribution in [0, 0.1) is 0 Å². The Hall–Kier alpha value is -2.65. The van der Waals surface area contributed by atoms with Gasteiger partial charge in [0, 0.05) is 63.8 Å². The van der Waals surface area contributed by atoms with Crippen molar-refractivity contribution < 1.29 is 22.9 Å². The molecule has 0 amide bonds. The van der Waals surface area contributed by atoms with E-state index < -0.39 is 18.8 Å². The zero-order chi connectivity index (χ0) is 25.4. The van der Waals surface area contributed by atoms with E-state index in [0.29, 0.717) is 32.8 Å². The SMILES string of the molecule is CB(O)N1CCN(Cc2cc3n(c2)N=C(c2cnc(N)cc2C(F)(F)F)NC3N2CCOCC2)CC1. The molecule has 14 heteroatoms. The molecule has 1 unspecified atom stereocenters. The van der Waals surface area contributed by atoms with Crippen LogP contribution in [0.5, 0.6) is 0 Å². The molecule has 3 aliphatic rings. The van der Waals surface area contributed by atoms with Crippen LogP contribution in [0.15, 0.2) is 29.6 Å².